The number of alkyl halides is 3. The van der Waals surface area contributed by atoms with Gasteiger partial charge in [-0.2, -0.15) is 13.2 Å². The lowest BCUT2D eigenvalue weighted by Crippen LogP contribution is -2.53. The minimum absolute atomic E-state index is 0.112. The van der Waals surface area contributed by atoms with Gasteiger partial charge in [-0.05, 0) is 17.7 Å². The lowest BCUT2D eigenvalue weighted by Gasteiger charge is -2.41. The second-order valence-electron chi connectivity index (χ2n) is 5.46. The molecule has 1 heterocycles. The summed E-state index contributed by atoms with van der Waals surface area (Å²) >= 11 is 5.76. The van der Waals surface area contributed by atoms with Crippen molar-refractivity contribution >= 4 is 11.6 Å². The largest absolute Gasteiger partial charge is 0.396 e. The van der Waals surface area contributed by atoms with E-state index in [0.717, 1.165) is 0 Å². The van der Waals surface area contributed by atoms with E-state index in [1.54, 1.807) is 24.3 Å². The van der Waals surface area contributed by atoms with Gasteiger partial charge >= 0.3 is 6.18 Å². The van der Waals surface area contributed by atoms with Crippen molar-refractivity contribution in [3.05, 3.63) is 34.9 Å². The molecule has 2 N–H and O–H groups in total. The van der Waals surface area contributed by atoms with E-state index in [9.17, 15) is 18.3 Å². The molecule has 1 aliphatic rings. The van der Waals surface area contributed by atoms with Crippen molar-refractivity contribution in [1.82, 2.24) is 5.32 Å². The van der Waals surface area contributed by atoms with Gasteiger partial charge in [0.2, 0.25) is 0 Å². The average Bonchev–Trinajstić information content (AvgIpc) is 2.36. The fraction of sp³-hybridized carbons (Fsp3) is 0.571. The quantitative estimate of drug-likeness (QED) is 0.846. The van der Waals surface area contributed by atoms with Gasteiger partial charge in [-0.3, -0.25) is 0 Å². The van der Waals surface area contributed by atoms with Gasteiger partial charge in [0.15, 0.2) is 0 Å². The molecule has 2 rings (SSSR count). The SMILES string of the molecule is OCC1(CNC(CC(F)(F)F)c2ccc(Cl)cc2)COC1. The maximum Gasteiger partial charge on any atom is 0.390 e. The standard InChI is InChI=1S/C14H17ClF3NO2/c15-11-3-1-10(2-4-11)12(5-14(16,17)18)19-6-13(7-20)8-21-9-13/h1-4,12,19-20H,5-9H2. The van der Waals surface area contributed by atoms with Crippen LogP contribution in [0.15, 0.2) is 24.3 Å². The molecular formula is C14H17ClF3NO2. The first-order valence-corrected chi connectivity index (χ1v) is 6.96. The topological polar surface area (TPSA) is 41.5 Å². The van der Waals surface area contributed by atoms with Crippen LogP contribution < -0.4 is 5.32 Å². The summed E-state index contributed by atoms with van der Waals surface area (Å²) < 4.78 is 43.2. The Morgan fingerprint density at radius 1 is 1.29 bits per heavy atom. The van der Waals surface area contributed by atoms with Crippen LogP contribution in [0.1, 0.15) is 18.0 Å². The molecule has 0 radical (unpaired) electrons. The Hall–Kier alpha value is -0.820. The van der Waals surface area contributed by atoms with Crippen LogP contribution in [0.4, 0.5) is 13.2 Å². The number of benzene rings is 1. The van der Waals surface area contributed by atoms with E-state index in [2.05, 4.69) is 5.32 Å². The zero-order valence-electron chi connectivity index (χ0n) is 11.3. The first-order chi connectivity index (χ1) is 9.84. The van der Waals surface area contributed by atoms with Gasteiger partial charge < -0.3 is 15.2 Å². The van der Waals surface area contributed by atoms with Crippen LogP contribution in [0.3, 0.4) is 0 Å². The number of rotatable bonds is 6. The molecule has 0 amide bonds. The molecule has 0 aromatic heterocycles. The van der Waals surface area contributed by atoms with Gasteiger partial charge in [-0.1, -0.05) is 23.7 Å². The predicted molar refractivity (Wildman–Crippen MR) is 73.2 cm³/mol. The Kier molecular flexibility index (Phi) is 5.14. The van der Waals surface area contributed by atoms with E-state index >= 15 is 0 Å². The summed E-state index contributed by atoms with van der Waals surface area (Å²) in [6.07, 6.45) is -5.25. The van der Waals surface area contributed by atoms with Gasteiger partial charge in [0, 0.05) is 17.6 Å². The van der Waals surface area contributed by atoms with Crippen molar-refractivity contribution in [3.8, 4) is 0 Å². The minimum Gasteiger partial charge on any atom is -0.396 e. The fourth-order valence-electron chi connectivity index (χ4n) is 2.21. The molecule has 7 heteroatoms. The summed E-state index contributed by atoms with van der Waals surface area (Å²) in [7, 11) is 0. The molecule has 0 aliphatic carbocycles. The average molecular weight is 324 g/mol. The molecule has 1 unspecified atom stereocenters. The van der Waals surface area contributed by atoms with Crippen LogP contribution in [0.25, 0.3) is 0 Å². The van der Waals surface area contributed by atoms with Gasteiger partial charge in [0.05, 0.1) is 31.7 Å². The second kappa shape index (κ2) is 6.52. The first-order valence-electron chi connectivity index (χ1n) is 6.58. The van der Waals surface area contributed by atoms with E-state index in [1.165, 1.54) is 0 Å². The highest BCUT2D eigenvalue weighted by atomic mass is 35.5. The minimum atomic E-state index is -4.28. The lowest BCUT2D eigenvalue weighted by atomic mass is 9.86. The van der Waals surface area contributed by atoms with E-state index < -0.39 is 24.1 Å². The van der Waals surface area contributed by atoms with Crippen molar-refractivity contribution in [2.24, 2.45) is 5.41 Å². The summed E-state index contributed by atoms with van der Waals surface area (Å²) in [5.41, 5.74) is 0.0427. The summed E-state index contributed by atoms with van der Waals surface area (Å²) in [5.74, 6) is 0. The zero-order valence-corrected chi connectivity index (χ0v) is 12.0. The number of aliphatic hydroxyl groups is 1. The monoisotopic (exact) mass is 323 g/mol. The molecule has 1 saturated heterocycles. The molecule has 0 saturated carbocycles. The molecule has 1 aliphatic heterocycles. The van der Waals surface area contributed by atoms with Crippen LogP contribution in [-0.2, 0) is 4.74 Å². The lowest BCUT2D eigenvalue weighted by molar-refractivity contribution is -0.148. The van der Waals surface area contributed by atoms with Crippen LogP contribution in [0.5, 0.6) is 0 Å². The summed E-state index contributed by atoms with van der Waals surface area (Å²) in [5, 5.41) is 12.7. The van der Waals surface area contributed by atoms with E-state index in [4.69, 9.17) is 16.3 Å². The number of nitrogens with one attached hydrogen (secondary N) is 1. The smallest absolute Gasteiger partial charge is 0.390 e. The predicted octanol–water partition coefficient (Wildman–Crippen LogP) is 2.93. The van der Waals surface area contributed by atoms with Gasteiger partial charge in [-0.15, -0.1) is 0 Å². The zero-order chi connectivity index (χ0) is 15.5. The number of hydrogen-bond donors (Lipinski definition) is 2. The molecule has 3 nitrogen and oxygen atoms in total. The highest BCUT2D eigenvalue weighted by Crippen LogP contribution is 2.32. The highest BCUT2D eigenvalue weighted by Gasteiger charge is 2.39. The van der Waals surface area contributed by atoms with Crippen LogP contribution in [0.2, 0.25) is 5.02 Å². The molecule has 1 fully saturated rings. The molecule has 1 aromatic rings. The Bertz CT molecular complexity index is 455. The third-order valence-corrected chi connectivity index (χ3v) is 3.84. The Morgan fingerprint density at radius 3 is 2.33 bits per heavy atom. The number of ether oxygens (including phenoxy) is 1. The number of halogens is 4. The number of aliphatic hydroxyl groups excluding tert-OH is 1. The van der Waals surface area contributed by atoms with Crippen LogP contribution in [-0.4, -0.2) is 37.6 Å². The first kappa shape index (κ1) is 16.5. The van der Waals surface area contributed by atoms with Gasteiger partial charge in [-0.25, -0.2) is 0 Å². The second-order valence-corrected chi connectivity index (χ2v) is 5.89. The van der Waals surface area contributed by atoms with Gasteiger partial charge in [0.1, 0.15) is 0 Å². The highest BCUT2D eigenvalue weighted by molar-refractivity contribution is 6.30. The molecule has 21 heavy (non-hydrogen) atoms. The Labute approximate surface area is 126 Å². The van der Waals surface area contributed by atoms with E-state index in [1.807, 2.05) is 0 Å². The van der Waals surface area contributed by atoms with Crippen molar-refractivity contribution in [2.45, 2.75) is 18.6 Å². The maximum atomic E-state index is 12.7. The molecular weight excluding hydrogens is 307 g/mol. The normalized spacial score (nSPS) is 19.1. The third kappa shape index (κ3) is 4.57. The van der Waals surface area contributed by atoms with E-state index in [-0.39, 0.29) is 13.2 Å². The third-order valence-electron chi connectivity index (χ3n) is 3.58. The maximum absolute atomic E-state index is 12.7. The molecule has 1 atom stereocenters. The van der Waals surface area contributed by atoms with Crippen molar-refractivity contribution in [3.63, 3.8) is 0 Å². The fourth-order valence-corrected chi connectivity index (χ4v) is 2.34. The molecule has 0 bridgehead atoms. The van der Waals surface area contributed by atoms with Crippen molar-refractivity contribution in [2.75, 3.05) is 26.4 Å². The summed E-state index contributed by atoms with van der Waals surface area (Å²) in [6, 6.07) is 5.42. The Morgan fingerprint density at radius 2 is 1.90 bits per heavy atom. The summed E-state index contributed by atoms with van der Waals surface area (Å²) in [6.45, 7) is 0.873. The molecule has 1 aromatic carbocycles. The molecule has 118 valence electrons. The van der Waals surface area contributed by atoms with Crippen LogP contribution in [0, 0.1) is 5.41 Å². The molecule has 0 spiro atoms. The number of hydrogen-bond acceptors (Lipinski definition) is 3. The Balaban J connectivity index is 2.06. The van der Waals surface area contributed by atoms with Crippen LogP contribution >= 0.6 is 11.6 Å². The summed E-state index contributed by atoms with van der Waals surface area (Å²) in [4.78, 5) is 0. The van der Waals surface area contributed by atoms with Crippen molar-refractivity contribution in [1.29, 1.82) is 0 Å². The van der Waals surface area contributed by atoms with E-state index in [0.29, 0.717) is 23.8 Å². The van der Waals surface area contributed by atoms with Gasteiger partial charge in [0.25, 0.3) is 0 Å². The van der Waals surface area contributed by atoms with Crippen molar-refractivity contribution < 1.29 is 23.0 Å².